The molecule has 2 amide bonds. The summed E-state index contributed by atoms with van der Waals surface area (Å²) in [4.78, 5) is 24.7. The molecule has 0 spiro atoms. The van der Waals surface area contributed by atoms with Gasteiger partial charge in [-0.1, -0.05) is 0 Å². The fraction of sp³-hybridized carbons (Fsp3) is 0.500. The highest BCUT2D eigenvalue weighted by molar-refractivity contribution is 5.83. The highest BCUT2D eigenvalue weighted by atomic mass is 16.5. The van der Waals surface area contributed by atoms with Crippen molar-refractivity contribution in [3.05, 3.63) is 24.3 Å². The summed E-state index contributed by atoms with van der Waals surface area (Å²) in [5.41, 5.74) is 0. The second-order valence-corrected chi connectivity index (χ2v) is 5.19. The molecule has 6 heteroatoms. The third-order valence-electron chi connectivity index (χ3n) is 2.92. The van der Waals surface area contributed by atoms with Crippen LogP contribution in [0.5, 0.6) is 11.5 Å². The number of amides is 2. The number of ether oxygens (including phenoxy) is 2. The van der Waals surface area contributed by atoms with Gasteiger partial charge in [0.1, 0.15) is 18.1 Å². The van der Waals surface area contributed by atoms with Gasteiger partial charge in [-0.25, -0.2) is 0 Å². The zero-order valence-corrected chi connectivity index (χ0v) is 13.6. The van der Waals surface area contributed by atoms with Crippen LogP contribution in [0.4, 0.5) is 0 Å². The zero-order valence-electron chi connectivity index (χ0n) is 13.6. The first-order chi connectivity index (χ1) is 10.4. The minimum Gasteiger partial charge on any atom is -0.497 e. The third kappa shape index (κ3) is 6.47. The summed E-state index contributed by atoms with van der Waals surface area (Å²) in [5.74, 6) is 1.12. The first-order valence-corrected chi connectivity index (χ1v) is 7.24. The fourth-order valence-electron chi connectivity index (χ4n) is 1.83. The molecule has 0 bridgehead atoms. The number of benzene rings is 1. The molecule has 0 saturated heterocycles. The lowest BCUT2D eigenvalue weighted by Gasteiger charge is -2.21. The molecule has 0 fully saturated rings. The average molecular weight is 308 g/mol. The number of carbonyl (C=O) groups excluding carboxylic acids is 2. The molecule has 0 unspecified atom stereocenters. The first-order valence-electron chi connectivity index (χ1n) is 7.24. The number of nitrogens with one attached hydrogen (secondary N) is 1. The number of rotatable bonds is 8. The van der Waals surface area contributed by atoms with Crippen LogP contribution in [-0.4, -0.2) is 49.6 Å². The van der Waals surface area contributed by atoms with Crippen molar-refractivity contribution in [3.8, 4) is 11.5 Å². The van der Waals surface area contributed by atoms with Gasteiger partial charge in [-0.05, 0) is 38.1 Å². The van der Waals surface area contributed by atoms with Crippen LogP contribution in [0.25, 0.3) is 0 Å². The highest BCUT2D eigenvalue weighted by Gasteiger charge is 2.14. The average Bonchev–Trinajstić information content (AvgIpc) is 2.46. The topological polar surface area (TPSA) is 67.9 Å². The van der Waals surface area contributed by atoms with Crippen molar-refractivity contribution in [1.29, 1.82) is 0 Å². The van der Waals surface area contributed by atoms with Crippen molar-refractivity contribution in [2.45, 2.75) is 26.8 Å². The Hall–Kier alpha value is -2.24. The van der Waals surface area contributed by atoms with E-state index in [9.17, 15) is 9.59 Å². The Bertz CT molecular complexity index is 485. The van der Waals surface area contributed by atoms with Gasteiger partial charge in [0.25, 0.3) is 0 Å². The zero-order chi connectivity index (χ0) is 16.5. The molecular formula is C16H24N2O4. The summed E-state index contributed by atoms with van der Waals surface area (Å²) >= 11 is 0. The van der Waals surface area contributed by atoms with Gasteiger partial charge in [-0.3, -0.25) is 9.59 Å². The van der Waals surface area contributed by atoms with E-state index in [1.165, 1.54) is 11.8 Å². The highest BCUT2D eigenvalue weighted by Crippen LogP contribution is 2.16. The van der Waals surface area contributed by atoms with Crippen molar-refractivity contribution in [1.82, 2.24) is 10.2 Å². The molecule has 0 aliphatic carbocycles. The van der Waals surface area contributed by atoms with Crippen LogP contribution in [0.15, 0.2) is 24.3 Å². The minimum atomic E-state index is -0.172. The molecule has 6 nitrogen and oxygen atoms in total. The maximum absolute atomic E-state index is 11.7. The van der Waals surface area contributed by atoms with Crippen molar-refractivity contribution >= 4 is 11.8 Å². The summed E-state index contributed by atoms with van der Waals surface area (Å²) in [6.45, 7) is 5.91. The van der Waals surface area contributed by atoms with Crippen molar-refractivity contribution in [2.24, 2.45) is 0 Å². The van der Waals surface area contributed by atoms with Gasteiger partial charge in [0.2, 0.25) is 11.8 Å². The maximum Gasteiger partial charge on any atom is 0.239 e. The molecule has 0 aliphatic rings. The summed E-state index contributed by atoms with van der Waals surface area (Å²) in [6, 6.07) is 7.24. The number of hydrogen-bond acceptors (Lipinski definition) is 4. The Kier molecular flexibility index (Phi) is 7.22. The molecule has 0 heterocycles. The lowest BCUT2D eigenvalue weighted by Crippen LogP contribution is -2.43. The van der Waals surface area contributed by atoms with E-state index in [4.69, 9.17) is 9.47 Å². The van der Waals surface area contributed by atoms with Gasteiger partial charge in [0.15, 0.2) is 0 Å². The van der Waals surface area contributed by atoms with Crippen molar-refractivity contribution in [2.75, 3.05) is 26.8 Å². The molecule has 1 rings (SSSR count). The Labute approximate surface area is 131 Å². The Balaban J connectivity index is 2.43. The standard InChI is InChI=1S/C16H24N2O4/c1-12(2)17-16(20)11-18(13(3)19)9-10-22-15-7-5-14(21-4)6-8-15/h5-8,12H,9-11H2,1-4H3,(H,17,20). The third-order valence-corrected chi connectivity index (χ3v) is 2.92. The first kappa shape index (κ1) is 17.8. The van der Waals surface area contributed by atoms with Crippen molar-refractivity contribution in [3.63, 3.8) is 0 Å². The fourth-order valence-corrected chi connectivity index (χ4v) is 1.83. The number of hydrogen-bond donors (Lipinski definition) is 1. The van der Waals surface area contributed by atoms with E-state index in [1.54, 1.807) is 31.4 Å². The van der Waals surface area contributed by atoms with Gasteiger partial charge >= 0.3 is 0 Å². The number of methoxy groups -OCH3 is 1. The SMILES string of the molecule is COc1ccc(OCCN(CC(=O)NC(C)C)C(C)=O)cc1. The van der Waals surface area contributed by atoms with Crippen LogP contribution >= 0.6 is 0 Å². The summed E-state index contributed by atoms with van der Waals surface area (Å²) in [5, 5.41) is 2.76. The molecule has 122 valence electrons. The lowest BCUT2D eigenvalue weighted by molar-refractivity contribution is -0.134. The van der Waals surface area contributed by atoms with E-state index in [-0.39, 0.29) is 24.4 Å². The Morgan fingerprint density at radius 2 is 1.77 bits per heavy atom. The molecule has 1 aromatic rings. The van der Waals surface area contributed by atoms with E-state index in [1.807, 2.05) is 13.8 Å². The van der Waals surface area contributed by atoms with Gasteiger partial charge in [0.05, 0.1) is 20.2 Å². The number of carbonyl (C=O) groups is 2. The summed E-state index contributed by atoms with van der Waals surface area (Å²) in [6.07, 6.45) is 0. The monoisotopic (exact) mass is 308 g/mol. The number of nitrogens with zero attached hydrogens (tertiary/aromatic N) is 1. The molecule has 0 radical (unpaired) electrons. The predicted octanol–water partition coefficient (Wildman–Crippen LogP) is 1.45. The van der Waals surface area contributed by atoms with Crippen LogP contribution in [0.3, 0.4) is 0 Å². The molecular weight excluding hydrogens is 284 g/mol. The molecule has 1 N–H and O–H groups in total. The second kappa shape index (κ2) is 8.92. The molecule has 22 heavy (non-hydrogen) atoms. The Morgan fingerprint density at radius 1 is 1.18 bits per heavy atom. The second-order valence-electron chi connectivity index (χ2n) is 5.19. The van der Waals surface area contributed by atoms with Crippen molar-refractivity contribution < 1.29 is 19.1 Å². The predicted molar refractivity (Wildman–Crippen MR) is 84.0 cm³/mol. The van der Waals surface area contributed by atoms with E-state index < -0.39 is 0 Å². The van der Waals surface area contributed by atoms with Gasteiger partial charge in [0, 0.05) is 13.0 Å². The molecule has 0 aliphatic heterocycles. The lowest BCUT2D eigenvalue weighted by atomic mass is 10.3. The van der Waals surface area contributed by atoms with E-state index in [2.05, 4.69) is 5.32 Å². The largest absolute Gasteiger partial charge is 0.497 e. The molecule has 0 saturated carbocycles. The minimum absolute atomic E-state index is 0.0412. The summed E-state index contributed by atoms with van der Waals surface area (Å²) in [7, 11) is 1.60. The maximum atomic E-state index is 11.7. The van der Waals surface area contributed by atoms with E-state index in [0.717, 1.165) is 5.75 Å². The quantitative estimate of drug-likeness (QED) is 0.789. The molecule has 0 atom stereocenters. The normalized spacial score (nSPS) is 10.2. The molecule has 0 aromatic heterocycles. The van der Waals surface area contributed by atoms with Crippen LogP contribution in [0.2, 0.25) is 0 Å². The van der Waals surface area contributed by atoms with E-state index in [0.29, 0.717) is 18.9 Å². The van der Waals surface area contributed by atoms with Crippen LogP contribution in [-0.2, 0) is 9.59 Å². The molecule has 1 aromatic carbocycles. The van der Waals surface area contributed by atoms with Crippen LogP contribution in [0, 0.1) is 0 Å². The Morgan fingerprint density at radius 3 is 2.27 bits per heavy atom. The van der Waals surface area contributed by atoms with Crippen LogP contribution in [0.1, 0.15) is 20.8 Å². The van der Waals surface area contributed by atoms with Gasteiger partial charge < -0.3 is 19.7 Å². The van der Waals surface area contributed by atoms with E-state index >= 15 is 0 Å². The van der Waals surface area contributed by atoms with Gasteiger partial charge in [-0.15, -0.1) is 0 Å². The smallest absolute Gasteiger partial charge is 0.239 e. The van der Waals surface area contributed by atoms with Gasteiger partial charge in [-0.2, -0.15) is 0 Å². The summed E-state index contributed by atoms with van der Waals surface area (Å²) < 4.78 is 10.6. The van der Waals surface area contributed by atoms with Crippen LogP contribution < -0.4 is 14.8 Å².